The molecule has 1 fully saturated rings. The second-order valence-corrected chi connectivity index (χ2v) is 6.44. The molecular formula is C18H26N2O4. The lowest BCUT2D eigenvalue weighted by atomic mass is 9.78. The lowest BCUT2D eigenvalue weighted by Gasteiger charge is -2.40. The van der Waals surface area contributed by atoms with Crippen molar-refractivity contribution in [1.29, 1.82) is 0 Å². The monoisotopic (exact) mass is 334 g/mol. The maximum Gasteiger partial charge on any atom is 0.230 e. The normalized spacial score (nSPS) is 22.0. The van der Waals surface area contributed by atoms with Crippen molar-refractivity contribution in [1.82, 2.24) is 4.90 Å². The summed E-state index contributed by atoms with van der Waals surface area (Å²) < 4.78 is 17.2. The number of carbonyl (C=O) groups excluding carboxylic acids is 1. The maximum atomic E-state index is 13.1. The Bertz CT molecular complexity index is 572. The summed E-state index contributed by atoms with van der Waals surface area (Å²) in [5.41, 5.74) is 5.47. The van der Waals surface area contributed by atoms with Crippen LogP contribution < -0.4 is 15.2 Å². The van der Waals surface area contributed by atoms with E-state index in [1.54, 1.807) is 0 Å². The Hall–Kier alpha value is -1.79. The molecule has 1 saturated heterocycles. The minimum atomic E-state index is -0.498. The van der Waals surface area contributed by atoms with Gasteiger partial charge in [0.1, 0.15) is 6.61 Å². The van der Waals surface area contributed by atoms with Gasteiger partial charge >= 0.3 is 0 Å². The summed E-state index contributed by atoms with van der Waals surface area (Å²) in [7, 11) is 0. The average Bonchev–Trinajstić information content (AvgIpc) is 2.66. The summed E-state index contributed by atoms with van der Waals surface area (Å²) >= 11 is 0. The number of rotatable bonds is 5. The van der Waals surface area contributed by atoms with Crippen LogP contribution in [-0.2, 0) is 9.53 Å². The van der Waals surface area contributed by atoms with Crippen LogP contribution in [0.5, 0.6) is 11.5 Å². The Kier molecular flexibility index (Phi) is 5.26. The van der Waals surface area contributed by atoms with Crippen molar-refractivity contribution in [3.63, 3.8) is 0 Å². The summed E-state index contributed by atoms with van der Waals surface area (Å²) in [5, 5.41) is 0. The molecule has 0 spiro atoms. The van der Waals surface area contributed by atoms with Crippen molar-refractivity contribution < 1.29 is 19.0 Å². The number of ether oxygens (including phenoxy) is 3. The number of benzene rings is 1. The molecule has 3 rings (SSSR count). The number of likely N-dealkylation sites (N-methyl/N-ethyl adjacent to an activating group) is 1. The van der Waals surface area contributed by atoms with Gasteiger partial charge in [-0.25, -0.2) is 0 Å². The van der Waals surface area contributed by atoms with Crippen LogP contribution in [0.25, 0.3) is 0 Å². The van der Waals surface area contributed by atoms with E-state index in [4.69, 9.17) is 19.9 Å². The first-order valence-electron chi connectivity index (χ1n) is 8.64. The molecule has 24 heavy (non-hydrogen) atoms. The van der Waals surface area contributed by atoms with Crippen LogP contribution in [0.4, 0.5) is 0 Å². The van der Waals surface area contributed by atoms with E-state index in [2.05, 4.69) is 0 Å². The number of carbonyl (C=O) groups is 1. The average molecular weight is 334 g/mol. The van der Waals surface area contributed by atoms with Crippen molar-refractivity contribution in [2.24, 2.45) is 11.1 Å². The van der Waals surface area contributed by atoms with Crippen molar-refractivity contribution in [2.75, 3.05) is 39.5 Å². The molecule has 2 heterocycles. The van der Waals surface area contributed by atoms with Gasteiger partial charge in [0.2, 0.25) is 5.91 Å². The van der Waals surface area contributed by atoms with Gasteiger partial charge in [-0.2, -0.15) is 0 Å². The number of fused-ring (bicyclic) bond motifs is 1. The first kappa shape index (κ1) is 17.0. The van der Waals surface area contributed by atoms with E-state index < -0.39 is 5.41 Å². The van der Waals surface area contributed by atoms with E-state index in [-0.39, 0.29) is 12.0 Å². The van der Waals surface area contributed by atoms with E-state index in [1.807, 2.05) is 36.1 Å². The Balaban J connectivity index is 1.67. The van der Waals surface area contributed by atoms with Crippen LogP contribution in [0, 0.1) is 5.41 Å². The minimum Gasteiger partial charge on any atom is -0.486 e. The summed E-state index contributed by atoms with van der Waals surface area (Å²) in [6.07, 6.45) is 1.20. The molecule has 1 unspecified atom stereocenters. The third-order valence-corrected chi connectivity index (χ3v) is 4.95. The second-order valence-electron chi connectivity index (χ2n) is 6.44. The molecule has 6 nitrogen and oxygen atoms in total. The van der Waals surface area contributed by atoms with Crippen molar-refractivity contribution in [3.8, 4) is 11.5 Å². The fourth-order valence-corrected chi connectivity index (χ4v) is 3.36. The van der Waals surface area contributed by atoms with Gasteiger partial charge in [0.15, 0.2) is 17.6 Å². The van der Waals surface area contributed by atoms with Gasteiger partial charge in [-0.3, -0.25) is 4.79 Å². The van der Waals surface area contributed by atoms with Gasteiger partial charge < -0.3 is 24.8 Å². The molecule has 0 saturated carbocycles. The molecular weight excluding hydrogens is 308 g/mol. The largest absolute Gasteiger partial charge is 0.486 e. The fourth-order valence-electron chi connectivity index (χ4n) is 3.36. The molecule has 1 amide bonds. The molecule has 2 aliphatic heterocycles. The van der Waals surface area contributed by atoms with E-state index >= 15 is 0 Å². The predicted molar refractivity (Wildman–Crippen MR) is 90.1 cm³/mol. The number of nitrogens with zero attached hydrogens (tertiary/aromatic N) is 1. The molecule has 0 bridgehead atoms. The Morgan fingerprint density at radius 1 is 1.29 bits per heavy atom. The number of hydrogen-bond acceptors (Lipinski definition) is 5. The van der Waals surface area contributed by atoms with Crippen LogP contribution >= 0.6 is 0 Å². The Morgan fingerprint density at radius 3 is 2.67 bits per heavy atom. The smallest absolute Gasteiger partial charge is 0.230 e. The molecule has 0 aromatic heterocycles. The number of nitrogens with two attached hydrogens (primary N) is 1. The molecule has 132 valence electrons. The van der Waals surface area contributed by atoms with Gasteiger partial charge in [0, 0.05) is 26.3 Å². The van der Waals surface area contributed by atoms with Crippen molar-refractivity contribution in [3.05, 3.63) is 24.3 Å². The Morgan fingerprint density at radius 2 is 2.00 bits per heavy atom. The van der Waals surface area contributed by atoms with Crippen LogP contribution in [0.2, 0.25) is 0 Å². The van der Waals surface area contributed by atoms with Gasteiger partial charge in [-0.15, -0.1) is 0 Å². The van der Waals surface area contributed by atoms with Gasteiger partial charge in [0.05, 0.1) is 12.0 Å². The summed E-state index contributed by atoms with van der Waals surface area (Å²) in [6, 6.07) is 7.61. The molecule has 2 N–H and O–H groups in total. The zero-order chi connectivity index (χ0) is 17.0. The quantitative estimate of drug-likeness (QED) is 0.882. The number of amides is 1. The topological polar surface area (TPSA) is 74.0 Å². The Labute approximate surface area is 142 Å². The highest BCUT2D eigenvalue weighted by molar-refractivity contribution is 5.83. The van der Waals surface area contributed by atoms with E-state index in [9.17, 15) is 4.79 Å². The third-order valence-electron chi connectivity index (χ3n) is 4.95. The lowest BCUT2D eigenvalue weighted by Crippen LogP contribution is -2.53. The number of hydrogen-bond donors (Lipinski definition) is 1. The number of para-hydroxylation sites is 2. The molecule has 0 aliphatic carbocycles. The predicted octanol–water partition coefficient (Wildman–Crippen LogP) is 1.43. The lowest BCUT2D eigenvalue weighted by molar-refractivity contribution is -0.148. The SMILES string of the molecule is CCN(CC1COc2ccccc2O1)C(=O)C1(CN)CCOCC1. The second kappa shape index (κ2) is 7.40. The molecule has 0 radical (unpaired) electrons. The first-order valence-corrected chi connectivity index (χ1v) is 8.64. The van der Waals surface area contributed by atoms with Crippen LogP contribution in [0.15, 0.2) is 24.3 Å². The summed E-state index contributed by atoms with van der Waals surface area (Å²) in [6.45, 7) is 5.11. The zero-order valence-corrected chi connectivity index (χ0v) is 14.2. The van der Waals surface area contributed by atoms with Crippen molar-refractivity contribution >= 4 is 5.91 Å². The van der Waals surface area contributed by atoms with Crippen LogP contribution in [0.1, 0.15) is 19.8 Å². The van der Waals surface area contributed by atoms with E-state index in [0.29, 0.717) is 52.3 Å². The van der Waals surface area contributed by atoms with Gasteiger partial charge in [0.25, 0.3) is 0 Å². The molecule has 1 aromatic carbocycles. The van der Waals surface area contributed by atoms with E-state index in [1.165, 1.54) is 0 Å². The highest BCUT2D eigenvalue weighted by Gasteiger charge is 2.41. The highest BCUT2D eigenvalue weighted by Crippen LogP contribution is 2.33. The van der Waals surface area contributed by atoms with Gasteiger partial charge in [-0.05, 0) is 31.9 Å². The molecule has 6 heteroatoms. The van der Waals surface area contributed by atoms with Crippen LogP contribution in [0.3, 0.4) is 0 Å². The summed E-state index contributed by atoms with van der Waals surface area (Å²) in [5.74, 6) is 1.60. The summed E-state index contributed by atoms with van der Waals surface area (Å²) in [4.78, 5) is 14.9. The van der Waals surface area contributed by atoms with Gasteiger partial charge in [-0.1, -0.05) is 12.1 Å². The fraction of sp³-hybridized carbons (Fsp3) is 0.611. The van der Waals surface area contributed by atoms with E-state index in [0.717, 1.165) is 11.5 Å². The third kappa shape index (κ3) is 3.35. The van der Waals surface area contributed by atoms with Crippen molar-refractivity contribution in [2.45, 2.75) is 25.9 Å². The molecule has 1 atom stereocenters. The maximum absolute atomic E-state index is 13.1. The molecule has 1 aromatic rings. The standard InChI is InChI=1S/C18H26N2O4/c1-2-20(17(21)18(13-19)7-9-22-10-8-18)11-14-12-23-15-5-3-4-6-16(15)24-14/h3-6,14H,2,7-13,19H2,1H3. The first-order chi connectivity index (χ1) is 11.7. The minimum absolute atomic E-state index is 0.109. The highest BCUT2D eigenvalue weighted by atomic mass is 16.6. The van der Waals surface area contributed by atoms with Crippen LogP contribution in [-0.4, -0.2) is 56.4 Å². The molecule has 2 aliphatic rings. The zero-order valence-electron chi connectivity index (χ0n) is 14.2.